The van der Waals surface area contributed by atoms with E-state index in [1.54, 1.807) is 12.1 Å². The molecule has 2 aromatic carbocycles. The zero-order chi connectivity index (χ0) is 20.9. The first-order valence-electron chi connectivity index (χ1n) is 11.1. The zero-order valence-electron chi connectivity index (χ0n) is 17.7. The van der Waals surface area contributed by atoms with Gasteiger partial charge < -0.3 is 9.64 Å². The highest BCUT2D eigenvalue weighted by Gasteiger charge is 2.32. The Labute approximate surface area is 178 Å². The standard InChI is InChI=1S/C24H31N3O3/c1-2-20-11-6-7-15-26(20)23-13-12-21(27(28)29)17-22(23)24-25(14-8-16-30-24)18-19-9-4-3-5-10-19/h3-5,9-10,12-13,17,20,24H,2,6-8,11,14-16,18H2,1H3/t20-,24-/m1/s1. The summed E-state index contributed by atoms with van der Waals surface area (Å²) in [7, 11) is 0. The van der Waals surface area contributed by atoms with Crippen molar-refractivity contribution in [3.63, 3.8) is 0 Å². The molecule has 0 N–H and O–H groups in total. The molecule has 30 heavy (non-hydrogen) atoms. The summed E-state index contributed by atoms with van der Waals surface area (Å²) in [5.41, 5.74) is 3.38. The van der Waals surface area contributed by atoms with E-state index in [-0.39, 0.29) is 16.8 Å². The van der Waals surface area contributed by atoms with Crippen molar-refractivity contribution in [2.45, 2.75) is 57.8 Å². The molecule has 2 aliphatic rings. The molecule has 2 heterocycles. The summed E-state index contributed by atoms with van der Waals surface area (Å²) in [4.78, 5) is 16.0. The maximum Gasteiger partial charge on any atom is 0.270 e. The second-order valence-corrected chi connectivity index (χ2v) is 8.28. The SMILES string of the molecule is CC[C@@H]1CCCCN1c1ccc([N+](=O)[O-])cc1[C@H]1OCCCN1Cc1ccccc1. The summed E-state index contributed by atoms with van der Waals surface area (Å²) < 4.78 is 6.26. The van der Waals surface area contributed by atoms with Gasteiger partial charge >= 0.3 is 0 Å². The molecule has 6 nitrogen and oxygen atoms in total. The van der Waals surface area contributed by atoms with Gasteiger partial charge in [0.2, 0.25) is 0 Å². The van der Waals surface area contributed by atoms with Gasteiger partial charge in [0.05, 0.1) is 11.5 Å². The van der Waals surface area contributed by atoms with E-state index in [0.717, 1.165) is 50.1 Å². The number of anilines is 1. The molecule has 2 saturated heterocycles. The van der Waals surface area contributed by atoms with E-state index in [1.807, 2.05) is 24.3 Å². The summed E-state index contributed by atoms with van der Waals surface area (Å²) in [6.07, 6.45) is 5.36. The van der Waals surface area contributed by atoms with Crippen LogP contribution < -0.4 is 4.90 Å². The highest BCUT2D eigenvalue weighted by atomic mass is 16.6. The van der Waals surface area contributed by atoms with E-state index in [2.05, 4.69) is 28.9 Å². The van der Waals surface area contributed by atoms with Crippen LogP contribution in [0.3, 0.4) is 0 Å². The van der Waals surface area contributed by atoms with Gasteiger partial charge in [0.1, 0.15) is 6.23 Å². The Hall–Kier alpha value is -2.44. The normalized spacial score (nSPS) is 22.8. The second-order valence-electron chi connectivity index (χ2n) is 8.28. The van der Waals surface area contributed by atoms with Crippen molar-refractivity contribution in [1.82, 2.24) is 4.90 Å². The van der Waals surface area contributed by atoms with Gasteiger partial charge in [0.25, 0.3) is 5.69 Å². The average molecular weight is 410 g/mol. The molecular weight excluding hydrogens is 378 g/mol. The third kappa shape index (κ3) is 4.50. The fraction of sp³-hybridized carbons (Fsp3) is 0.500. The van der Waals surface area contributed by atoms with Crippen LogP contribution in [0, 0.1) is 10.1 Å². The van der Waals surface area contributed by atoms with Gasteiger partial charge in [-0.2, -0.15) is 0 Å². The largest absolute Gasteiger partial charge is 0.368 e. The predicted molar refractivity (Wildman–Crippen MR) is 119 cm³/mol. The lowest BCUT2D eigenvalue weighted by atomic mass is 9.97. The van der Waals surface area contributed by atoms with Crippen LogP contribution in [0.4, 0.5) is 11.4 Å². The number of rotatable bonds is 6. The Morgan fingerprint density at radius 3 is 2.70 bits per heavy atom. The summed E-state index contributed by atoms with van der Waals surface area (Å²) in [5.74, 6) is 0. The maximum atomic E-state index is 11.6. The molecular formula is C24H31N3O3. The van der Waals surface area contributed by atoms with Gasteiger partial charge in [-0.15, -0.1) is 0 Å². The minimum Gasteiger partial charge on any atom is -0.368 e. The molecule has 0 aromatic heterocycles. The Bertz CT molecular complexity index is 858. The van der Waals surface area contributed by atoms with Gasteiger partial charge in [0, 0.05) is 49.1 Å². The molecule has 0 saturated carbocycles. The number of nitro groups is 1. The van der Waals surface area contributed by atoms with Crippen molar-refractivity contribution in [2.75, 3.05) is 24.6 Å². The van der Waals surface area contributed by atoms with Crippen LogP contribution in [0.25, 0.3) is 0 Å². The number of benzene rings is 2. The quantitative estimate of drug-likeness (QED) is 0.480. The van der Waals surface area contributed by atoms with Crippen molar-refractivity contribution in [3.8, 4) is 0 Å². The van der Waals surface area contributed by atoms with Crippen molar-refractivity contribution >= 4 is 11.4 Å². The topological polar surface area (TPSA) is 58.9 Å². The predicted octanol–water partition coefficient (Wildman–Crippen LogP) is 5.28. The van der Waals surface area contributed by atoms with Crippen LogP contribution in [-0.4, -0.2) is 35.6 Å². The number of nitrogens with zero attached hydrogens (tertiary/aromatic N) is 3. The molecule has 2 atom stereocenters. The summed E-state index contributed by atoms with van der Waals surface area (Å²) in [5, 5.41) is 11.6. The molecule has 2 aromatic rings. The Morgan fingerprint density at radius 2 is 1.93 bits per heavy atom. The minimum atomic E-state index is -0.300. The number of non-ortho nitro benzene ring substituents is 1. The number of hydrogen-bond donors (Lipinski definition) is 0. The Balaban J connectivity index is 1.72. The van der Waals surface area contributed by atoms with Crippen molar-refractivity contribution < 1.29 is 9.66 Å². The van der Waals surface area contributed by atoms with Gasteiger partial charge in [-0.1, -0.05) is 37.3 Å². The molecule has 0 amide bonds. The highest BCUT2D eigenvalue weighted by Crippen LogP contribution is 2.39. The van der Waals surface area contributed by atoms with Crippen LogP contribution in [0.5, 0.6) is 0 Å². The molecule has 2 fully saturated rings. The van der Waals surface area contributed by atoms with Crippen LogP contribution in [-0.2, 0) is 11.3 Å². The number of piperidine rings is 1. The van der Waals surface area contributed by atoms with E-state index >= 15 is 0 Å². The van der Waals surface area contributed by atoms with Gasteiger partial charge in [-0.3, -0.25) is 15.0 Å². The minimum absolute atomic E-state index is 0.132. The molecule has 0 aliphatic carbocycles. The number of nitro benzene ring substituents is 1. The molecule has 2 aliphatic heterocycles. The van der Waals surface area contributed by atoms with E-state index in [0.29, 0.717) is 12.6 Å². The van der Waals surface area contributed by atoms with Crippen LogP contribution in [0.15, 0.2) is 48.5 Å². The van der Waals surface area contributed by atoms with Crippen LogP contribution in [0.1, 0.15) is 56.4 Å². The number of ether oxygens (including phenoxy) is 1. The smallest absolute Gasteiger partial charge is 0.270 e. The Kier molecular flexibility index (Phi) is 6.65. The van der Waals surface area contributed by atoms with Gasteiger partial charge in [0.15, 0.2) is 0 Å². The second kappa shape index (κ2) is 9.58. The van der Waals surface area contributed by atoms with E-state index in [9.17, 15) is 10.1 Å². The first-order valence-corrected chi connectivity index (χ1v) is 11.1. The zero-order valence-corrected chi connectivity index (χ0v) is 17.7. The van der Waals surface area contributed by atoms with Crippen molar-refractivity contribution in [3.05, 3.63) is 69.8 Å². The lowest BCUT2D eigenvalue weighted by molar-refractivity contribution is -0.385. The molecule has 4 rings (SSSR count). The molecule has 0 unspecified atom stereocenters. The van der Waals surface area contributed by atoms with Crippen molar-refractivity contribution in [2.24, 2.45) is 0 Å². The fourth-order valence-electron chi connectivity index (χ4n) is 4.81. The lowest BCUT2D eigenvalue weighted by Crippen LogP contribution is -2.42. The summed E-state index contributed by atoms with van der Waals surface area (Å²) >= 11 is 0. The first-order chi connectivity index (χ1) is 14.7. The average Bonchev–Trinajstić information content (AvgIpc) is 2.79. The summed E-state index contributed by atoms with van der Waals surface area (Å²) in [6.45, 7) is 5.58. The molecule has 0 bridgehead atoms. The molecule has 160 valence electrons. The first kappa shape index (κ1) is 20.8. The lowest BCUT2D eigenvalue weighted by Gasteiger charge is -2.42. The molecule has 6 heteroatoms. The maximum absolute atomic E-state index is 11.6. The molecule has 0 spiro atoms. The van der Waals surface area contributed by atoms with Gasteiger partial charge in [-0.25, -0.2) is 0 Å². The summed E-state index contributed by atoms with van der Waals surface area (Å²) in [6, 6.07) is 16.2. The van der Waals surface area contributed by atoms with E-state index in [4.69, 9.17) is 4.74 Å². The monoisotopic (exact) mass is 409 g/mol. The number of hydrogen-bond acceptors (Lipinski definition) is 5. The van der Waals surface area contributed by atoms with E-state index in [1.165, 1.54) is 18.4 Å². The van der Waals surface area contributed by atoms with Crippen LogP contribution in [0.2, 0.25) is 0 Å². The Morgan fingerprint density at radius 1 is 1.10 bits per heavy atom. The molecule has 0 radical (unpaired) electrons. The van der Waals surface area contributed by atoms with Crippen LogP contribution >= 0.6 is 0 Å². The highest BCUT2D eigenvalue weighted by molar-refractivity contribution is 5.60. The van der Waals surface area contributed by atoms with Crippen molar-refractivity contribution in [1.29, 1.82) is 0 Å². The fourth-order valence-corrected chi connectivity index (χ4v) is 4.81. The van der Waals surface area contributed by atoms with Gasteiger partial charge in [-0.05, 0) is 43.7 Å². The third-order valence-electron chi connectivity index (χ3n) is 6.32. The van der Waals surface area contributed by atoms with E-state index < -0.39 is 0 Å². The third-order valence-corrected chi connectivity index (χ3v) is 6.32.